The van der Waals surface area contributed by atoms with Gasteiger partial charge in [-0.05, 0) is 53.9 Å². The summed E-state index contributed by atoms with van der Waals surface area (Å²) in [5.74, 6) is -1.86. The molecule has 1 unspecified atom stereocenters. The van der Waals surface area contributed by atoms with Crippen molar-refractivity contribution in [3.05, 3.63) is 86.0 Å². The zero-order valence-corrected chi connectivity index (χ0v) is 20.0. The van der Waals surface area contributed by atoms with E-state index in [2.05, 4.69) is 5.32 Å². The van der Waals surface area contributed by atoms with E-state index in [1.54, 1.807) is 11.3 Å². The van der Waals surface area contributed by atoms with Crippen molar-refractivity contribution < 1.29 is 23.9 Å². The second-order valence-corrected chi connectivity index (χ2v) is 9.33. The van der Waals surface area contributed by atoms with E-state index in [0.717, 1.165) is 9.78 Å². The smallest absolute Gasteiger partial charge is 0.338 e. The van der Waals surface area contributed by atoms with Gasteiger partial charge >= 0.3 is 5.97 Å². The van der Waals surface area contributed by atoms with Crippen molar-refractivity contribution in [2.24, 2.45) is 0 Å². The Bertz CT molecular complexity index is 1240. The maximum Gasteiger partial charge on any atom is 0.338 e. The first-order valence-corrected chi connectivity index (χ1v) is 11.8. The summed E-state index contributed by atoms with van der Waals surface area (Å²) in [6, 6.07) is 13.5. The number of carbonyl (C=O) groups is 4. The van der Waals surface area contributed by atoms with Crippen molar-refractivity contribution in [1.29, 1.82) is 0 Å². The molecule has 1 fully saturated rings. The van der Waals surface area contributed by atoms with Crippen molar-refractivity contribution in [2.45, 2.75) is 19.0 Å². The Morgan fingerprint density at radius 1 is 1.09 bits per heavy atom. The van der Waals surface area contributed by atoms with Crippen LogP contribution in [0.15, 0.2) is 60.0 Å². The number of benzene rings is 2. The standard InChI is InChI=1S/C24H18Cl2N2O5S/c25-15-5-8-18(19(26)10-15)21(29)13-33-24(32)14-3-6-16(7-4-14)28-22(30)11-20(23(28)31)27-12-17-2-1-9-34-17/h1-10,20,27H,11-13H2. The average Bonchev–Trinajstić information content (AvgIpc) is 3.43. The number of hydrogen-bond acceptors (Lipinski definition) is 7. The Kier molecular flexibility index (Phi) is 7.43. The molecule has 0 aliphatic carbocycles. The average molecular weight is 517 g/mol. The van der Waals surface area contributed by atoms with E-state index in [4.69, 9.17) is 27.9 Å². The Labute approximate surface area is 209 Å². The molecule has 0 bridgehead atoms. The van der Waals surface area contributed by atoms with E-state index < -0.39 is 24.4 Å². The van der Waals surface area contributed by atoms with Gasteiger partial charge < -0.3 is 10.1 Å². The molecule has 2 aromatic carbocycles. The molecule has 1 saturated heterocycles. The van der Waals surface area contributed by atoms with Gasteiger partial charge in [-0.3, -0.25) is 14.4 Å². The molecule has 1 atom stereocenters. The first-order valence-electron chi connectivity index (χ1n) is 10.2. The molecule has 0 spiro atoms. The van der Waals surface area contributed by atoms with E-state index in [9.17, 15) is 19.2 Å². The summed E-state index contributed by atoms with van der Waals surface area (Å²) in [5.41, 5.74) is 0.726. The first-order chi connectivity index (χ1) is 16.3. The molecule has 1 aromatic heterocycles. The quantitative estimate of drug-likeness (QED) is 0.269. The largest absolute Gasteiger partial charge is 0.454 e. The monoisotopic (exact) mass is 516 g/mol. The van der Waals surface area contributed by atoms with Crippen molar-refractivity contribution in [2.75, 3.05) is 11.5 Å². The Hall–Kier alpha value is -3.04. The third-order valence-corrected chi connectivity index (χ3v) is 6.60. The fourth-order valence-electron chi connectivity index (χ4n) is 3.45. The van der Waals surface area contributed by atoms with Gasteiger partial charge in [0.05, 0.1) is 28.7 Å². The lowest BCUT2D eigenvalue weighted by atomic mass is 10.1. The molecule has 2 amide bonds. The molecule has 2 heterocycles. The topological polar surface area (TPSA) is 92.8 Å². The van der Waals surface area contributed by atoms with Crippen LogP contribution < -0.4 is 10.2 Å². The van der Waals surface area contributed by atoms with Gasteiger partial charge in [-0.15, -0.1) is 11.3 Å². The molecule has 1 N–H and O–H groups in total. The minimum absolute atomic E-state index is 0.0589. The molecule has 0 saturated carbocycles. The van der Waals surface area contributed by atoms with Crippen LogP contribution in [0, 0.1) is 0 Å². The Balaban J connectivity index is 1.35. The lowest BCUT2D eigenvalue weighted by Gasteiger charge is -2.16. The van der Waals surface area contributed by atoms with Gasteiger partial charge in [0.2, 0.25) is 11.7 Å². The van der Waals surface area contributed by atoms with Crippen LogP contribution in [0.4, 0.5) is 5.69 Å². The summed E-state index contributed by atoms with van der Waals surface area (Å²) in [6.07, 6.45) is 0.0589. The third-order valence-electron chi connectivity index (χ3n) is 5.18. The lowest BCUT2D eigenvalue weighted by molar-refractivity contribution is -0.121. The number of carbonyl (C=O) groups excluding carboxylic acids is 4. The SMILES string of the molecule is O=C(OCC(=O)c1ccc(Cl)cc1Cl)c1ccc(N2C(=O)CC(NCc3cccs3)C2=O)cc1. The Morgan fingerprint density at radius 3 is 2.53 bits per heavy atom. The number of thiophene rings is 1. The van der Waals surface area contributed by atoms with Crippen molar-refractivity contribution in [3.8, 4) is 0 Å². The van der Waals surface area contributed by atoms with Gasteiger partial charge in [-0.2, -0.15) is 0 Å². The number of rotatable bonds is 8. The highest BCUT2D eigenvalue weighted by Crippen LogP contribution is 2.25. The van der Waals surface area contributed by atoms with Gasteiger partial charge in [0, 0.05) is 22.0 Å². The van der Waals surface area contributed by atoms with Gasteiger partial charge in [-0.1, -0.05) is 29.3 Å². The molecule has 34 heavy (non-hydrogen) atoms. The molecular formula is C24H18Cl2N2O5S. The molecule has 1 aliphatic heterocycles. The van der Waals surface area contributed by atoms with Gasteiger partial charge in [0.25, 0.3) is 5.91 Å². The van der Waals surface area contributed by atoms with Crippen LogP contribution in [-0.4, -0.2) is 36.2 Å². The first kappa shape index (κ1) is 24.1. The predicted octanol–water partition coefficient (Wildman–Crippen LogP) is 4.52. The number of ketones is 1. The molecule has 1 aliphatic rings. The van der Waals surface area contributed by atoms with Gasteiger partial charge in [0.15, 0.2) is 6.61 Å². The minimum atomic E-state index is -0.723. The van der Waals surface area contributed by atoms with Gasteiger partial charge in [-0.25, -0.2) is 9.69 Å². The molecule has 3 aromatic rings. The molecule has 0 radical (unpaired) electrons. The molecular weight excluding hydrogens is 499 g/mol. The summed E-state index contributed by atoms with van der Waals surface area (Å²) in [7, 11) is 0. The number of hydrogen-bond donors (Lipinski definition) is 1. The van der Waals surface area contributed by atoms with Crippen molar-refractivity contribution in [1.82, 2.24) is 5.32 Å². The van der Waals surface area contributed by atoms with Crippen LogP contribution in [-0.2, 0) is 20.9 Å². The number of halogens is 2. The van der Waals surface area contributed by atoms with Crippen LogP contribution >= 0.6 is 34.5 Å². The molecule has 174 valence electrons. The highest BCUT2D eigenvalue weighted by molar-refractivity contribution is 7.09. The molecule has 10 heteroatoms. The number of nitrogens with one attached hydrogen (secondary N) is 1. The number of amides is 2. The molecule has 7 nitrogen and oxygen atoms in total. The number of esters is 1. The zero-order valence-electron chi connectivity index (χ0n) is 17.6. The summed E-state index contributed by atoms with van der Waals surface area (Å²) < 4.78 is 5.08. The molecule has 4 rings (SSSR count). The van der Waals surface area contributed by atoms with Gasteiger partial charge in [0.1, 0.15) is 0 Å². The van der Waals surface area contributed by atoms with Crippen LogP contribution in [0.2, 0.25) is 10.0 Å². The highest BCUT2D eigenvalue weighted by atomic mass is 35.5. The van der Waals surface area contributed by atoms with Crippen LogP contribution in [0.1, 0.15) is 32.0 Å². The van der Waals surface area contributed by atoms with E-state index in [-0.39, 0.29) is 34.4 Å². The van der Waals surface area contributed by atoms with Crippen LogP contribution in [0.5, 0.6) is 0 Å². The fourth-order valence-corrected chi connectivity index (χ4v) is 4.62. The van der Waals surface area contributed by atoms with E-state index in [0.29, 0.717) is 17.3 Å². The van der Waals surface area contributed by atoms with Crippen LogP contribution in [0.3, 0.4) is 0 Å². The van der Waals surface area contributed by atoms with E-state index in [1.165, 1.54) is 42.5 Å². The second kappa shape index (κ2) is 10.5. The minimum Gasteiger partial charge on any atom is -0.454 e. The summed E-state index contributed by atoms with van der Waals surface area (Å²) in [6.45, 7) is 0.00253. The van der Waals surface area contributed by atoms with Crippen molar-refractivity contribution >= 4 is 63.8 Å². The maximum absolute atomic E-state index is 12.8. The summed E-state index contributed by atoms with van der Waals surface area (Å²) in [4.78, 5) is 52.0. The lowest BCUT2D eigenvalue weighted by Crippen LogP contribution is -2.38. The van der Waals surface area contributed by atoms with E-state index >= 15 is 0 Å². The zero-order chi connectivity index (χ0) is 24.2. The summed E-state index contributed by atoms with van der Waals surface area (Å²) >= 11 is 13.4. The fraction of sp³-hybridized carbons (Fsp3) is 0.167. The number of Topliss-reactive ketones (excluding diaryl/α,β-unsaturated/α-hetero) is 1. The summed E-state index contributed by atoms with van der Waals surface area (Å²) in [5, 5.41) is 5.62. The number of nitrogens with zero attached hydrogens (tertiary/aromatic N) is 1. The highest BCUT2D eigenvalue weighted by Gasteiger charge is 2.39. The van der Waals surface area contributed by atoms with Crippen LogP contribution in [0.25, 0.3) is 0 Å². The number of imide groups is 1. The Morgan fingerprint density at radius 2 is 1.85 bits per heavy atom. The third kappa shape index (κ3) is 5.37. The predicted molar refractivity (Wildman–Crippen MR) is 130 cm³/mol. The number of ether oxygens (including phenoxy) is 1. The van der Waals surface area contributed by atoms with E-state index in [1.807, 2.05) is 17.5 Å². The second-order valence-electron chi connectivity index (χ2n) is 7.45. The maximum atomic E-state index is 12.8. The number of anilines is 1. The normalized spacial score (nSPS) is 15.6. The van der Waals surface area contributed by atoms with Crippen molar-refractivity contribution in [3.63, 3.8) is 0 Å².